The Bertz CT molecular complexity index is 245. The van der Waals surface area contributed by atoms with Crippen LogP contribution in [0.4, 0.5) is 0 Å². The molecule has 0 heterocycles. The van der Waals surface area contributed by atoms with Crippen molar-refractivity contribution >= 4 is 21.8 Å². The van der Waals surface area contributed by atoms with Gasteiger partial charge in [-0.3, -0.25) is 4.79 Å². The molecule has 2 atom stereocenters. The van der Waals surface area contributed by atoms with Crippen LogP contribution in [0, 0.1) is 11.8 Å². The molecule has 0 spiro atoms. The van der Waals surface area contributed by atoms with E-state index >= 15 is 0 Å². The second kappa shape index (κ2) is 10.7. The Morgan fingerprint density at radius 2 is 1.79 bits per heavy atom. The van der Waals surface area contributed by atoms with Crippen LogP contribution in [-0.2, 0) is 4.79 Å². The molecule has 1 aliphatic carbocycles. The summed E-state index contributed by atoms with van der Waals surface area (Å²) in [6.45, 7) is 3.13. The van der Waals surface area contributed by atoms with Crippen molar-refractivity contribution in [2.75, 3.05) is 11.9 Å². The van der Waals surface area contributed by atoms with Crippen molar-refractivity contribution in [3.05, 3.63) is 0 Å². The van der Waals surface area contributed by atoms with Gasteiger partial charge < -0.3 is 5.32 Å². The van der Waals surface area contributed by atoms with Crippen LogP contribution in [-0.4, -0.2) is 17.8 Å². The van der Waals surface area contributed by atoms with E-state index in [1.165, 1.54) is 51.4 Å². The van der Waals surface area contributed by atoms with Gasteiger partial charge in [-0.1, -0.05) is 61.4 Å². The quantitative estimate of drug-likeness (QED) is 0.457. The van der Waals surface area contributed by atoms with Crippen LogP contribution < -0.4 is 5.32 Å². The highest BCUT2D eigenvalue weighted by atomic mass is 79.9. The summed E-state index contributed by atoms with van der Waals surface area (Å²) in [5.74, 6) is 1.73. The second-order valence-electron chi connectivity index (χ2n) is 5.93. The molecule has 2 nitrogen and oxygen atoms in total. The minimum Gasteiger partial charge on any atom is -0.356 e. The van der Waals surface area contributed by atoms with E-state index < -0.39 is 0 Å². The minimum atomic E-state index is 0.260. The lowest BCUT2D eigenvalue weighted by Gasteiger charge is -2.17. The Balaban J connectivity index is 1.98. The summed E-state index contributed by atoms with van der Waals surface area (Å²) in [4.78, 5) is 11.8. The average Bonchev–Trinajstić information content (AvgIpc) is 2.88. The van der Waals surface area contributed by atoms with Crippen molar-refractivity contribution < 1.29 is 4.79 Å². The highest BCUT2D eigenvalue weighted by Crippen LogP contribution is 2.32. The molecule has 112 valence electrons. The molecule has 0 aromatic heterocycles. The number of nitrogens with one attached hydrogen (secondary N) is 1. The first-order chi connectivity index (χ1) is 9.27. The molecule has 0 radical (unpaired) electrons. The van der Waals surface area contributed by atoms with Gasteiger partial charge in [0.25, 0.3) is 0 Å². The number of carbonyl (C=O) groups excluding carboxylic acids is 1. The van der Waals surface area contributed by atoms with Gasteiger partial charge in [-0.05, 0) is 31.1 Å². The molecule has 1 rings (SSSR count). The molecule has 2 unspecified atom stereocenters. The average molecular weight is 332 g/mol. The SMILES string of the molecule is CCCCCCCCC(=O)NCC1CCCC1CBr. The van der Waals surface area contributed by atoms with Gasteiger partial charge in [-0.25, -0.2) is 0 Å². The third-order valence-corrected chi connectivity index (χ3v) is 5.17. The predicted octanol–water partition coefficient (Wildman–Crippen LogP) is 4.66. The lowest BCUT2D eigenvalue weighted by atomic mass is 9.98. The number of rotatable bonds is 10. The second-order valence-corrected chi connectivity index (χ2v) is 6.57. The molecule has 0 aliphatic heterocycles. The Labute approximate surface area is 127 Å². The van der Waals surface area contributed by atoms with E-state index in [9.17, 15) is 4.79 Å². The summed E-state index contributed by atoms with van der Waals surface area (Å²) in [6, 6.07) is 0. The van der Waals surface area contributed by atoms with Crippen molar-refractivity contribution in [3.63, 3.8) is 0 Å². The zero-order valence-electron chi connectivity index (χ0n) is 12.4. The largest absolute Gasteiger partial charge is 0.356 e. The normalized spacial score (nSPS) is 22.6. The zero-order chi connectivity index (χ0) is 13.9. The molecule has 1 amide bonds. The molecule has 0 bridgehead atoms. The Kier molecular flexibility index (Phi) is 9.58. The van der Waals surface area contributed by atoms with Gasteiger partial charge in [0, 0.05) is 18.3 Å². The van der Waals surface area contributed by atoms with Gasteiger partial charge >= 0.3 is 0 Å². The van der Waals surface area contributed by atoms with E-state index in [1.54, 1.807) is 0 Å². The summed E-state index contributed by atoms with van der Waals surface area (Å²) in [5.41, 5.74) is 0. The number of unbranched alkanes of at least 4 members (excludes halogenated alkanes) is 5. The maximum absolute atomic E-state index is 11.8. The summed E-state index contributed by atoms with van der Waals surface area (Å²) < 4.78 is 0. The number of halogens is 1. The molecule has 1 fully saturated rings. The maximum Gasteiger partial charge on any atom is 0.220 e. The topological polar surface area (TPSA) is 29.1 Å². The fourth-order valence-electron chi connectivity index (χ4n) is 2.98. The predicted molar refractivity (Wildman–Crippen MR) is 85.6 cm³/mol. The summed E-state index contributed by atoms with van der Waals surface area (Å²) >= 11 is 3.58. The van der Waals surface area contributed by atoms with E-state index in [-0.39, 0.29) is 5.91 Å². The van der Waals surface area contributed by atoms with Crippen LogP contribution in [0.5, 0.6) is 0 Å². The van der Waals surface area contributed by atoms with Crippen molar-refractivity contribution in [1.29, 1.82) is 0 Å². The van der Waals surface area contributed by atoms with Gasteiger partial charge in [-0.15, -0.1) is 0 Å². The maximum atomic E-state index is 11.8. The van der Waals surface area contributed by atoms with Crippen molar-refractivity contribution in [1.82, 2.24) is 5.32 Å². The molecule has 1 saturated carbocycles. The van der Waals surface area contributed by atoms with Crippen LogP contribution >= 0.6 is 15.9 Å². The Morgan fingerprint density at radius 3 is 2.53 bits per heavy atom. The van der Waals surface area contributed by atoms with Gasteiger partial charge in [0.05, 0.1) is 0 Å². The number of hydrogen-bond donors (Lipinski definition) is 1. The van der Waals surface area contributed by atoms with Crippen molar-refractivity contribution in [3.8, 4) is 0 Å². The van der Waals surface area contributed by atoms with Crippen LogP contribution in [0.2, 0.25) is 0 Å². The molecule has 19 heavy (non-hydrogen) atoms. The van der Waals surface area contributed by atoms with Crippen molar-refractivity contribution in [2.45, 2.75) is 71.1 Å². The van der Waals surface area contributed by atoms with Crippen LogP contribution in [0.25, 0.3) is 0 Å². The van der Waals surface area contributed by atoms with Crippen LogP contribution in [0.15, 0.2) is 0 Å². The zero-order valence-corrected chi connectivity index (χ0v) is 14.0. The molecular formula is C16H30BrNO. The fourth-order valence-corrected chi connectivity index (χ4v) is 3.84. The number of amides is 1. The lowest BCUT2D eigenvalue weighted by Crippen LogP contribution is -2.31. The molecule has 1 aliphatic rings. The smallest absolute Gasteiger partial charge is 0.220 e. The van der Waals surface area contributed by atoms with Crippen LogP contribution in [0.1, 0.15) is 71.1 Å². The monoisotopic (exact) mass is 331 g/mol. The molecule has 0 saturated heterocycles. The first-order valence-electron chi connectivity index (χ1n) is 8.10. The summed E-state index contributed by atoms with van der Waals surface area (Å²) in [6.07, 6.45) is 12.2. The third kappa shape index (κ3) is 7.34. The van der Waals surface area contributed by atoms with Gasteiger partial charge in [0.15, 0.2) is 0 Å². The summed E-state index contributed by atoms with van der Waals surface area (Å²) in [5, 5.41) is 4.22. The van der Waals surface area contributed by atoms with E-state index in [0.717, 1.165) is 30.6 Å². The first-order valence-corrected chi connectivity index (χ1v) is 9.22. The summed E-state index contributed by atoms with van der Waals surface area (Å²) in [7, 11) is 0. The van der Waals surface area contributed by atoms with Gasteiger partial charge in [0.2, 0.25) is 5.91 Å². The Morgan fingerprint density at radius 1 is 1.11 bits per heavy atom. The van der Waals surface area contributed by atoms with Crippen molar-refractivity contribution in [2.24, 2.45) is 11.8 Å². The number of alkyl halides is 1. The molecule has 1 N–H and O–H groups in total. The molecule has 0 aromatic rings. The lowest BCUT2D eigenvalue weighted by molar-refractivity contribution is -0.121. The fraction of sp³-hybridized carbons (Fsp3) is 0.938. The number of hydrogen-bond acceptors (Lipinski definition) is 1. The van der Waals surface area contributed by atoms with Gasteiger partial charge in [0.1, 0.15) is 0 Å². The molecule has 3 heteroatoms. The molecular weight excluding hydrogens is 302 g/mol. The standard InChI is InChI=1S/C16H30BrNO/c1-2-3-4-5-6-7-11-16(19)18-13-15-10-8-9-14(15)12-17/h14-15H,2-13H2,1H3,(H,18,19). The Hall–Kier alpha value is -0.0500. The minimum absolute atomic E-state index is 0.260. The van der Waals surface area contributed by atoms with E-state index in [1.807, 2.05) is 0 Å². The number of carbonyl (C=O) groups is 1. The first kappa shape index (κ1) is 17.0. The highest BCUT2D eigenvalue weighted by molar-refractivity contribution is 9.09. The van der Waals surface area contributed by atoms with E-state index in [4.69, 9.17) is 0 Å². The van der Waals surface area contributed by atoms with E-state index in [0.29, 0.717) is 5.92 Å². The van der Waals surface area contributed by atoms with Gasteiger partial charge in [-0.2, -0.15) is 0 Å². The third-order valence-electron chi connectivity index (χ3n) is 4.33. The molecule has 0 aromatic carbocycles. The van der Waals surface area contributed by atoms with E-state index in [2.05, 4.69) is 28.2 Å². The van der Waals surface area contributed by atoms with Crippen LogP contribution in [0.3, 0.4) is 0 Å². The highest BCUT2D eigenvalue weighted by Gasteiger charge is 2.26.